The fourth-order valence-electron chi connectivity index (χ4n) is 3.62. The summed E-state index contributed by atoms with van der Waals surface area (Å²) < 4.78 is 24.4. The summed E-state index contributed by atoms with van der Waals surface area (Å²) >= 11 is 5.92. The van der Waals surface area contributed by atoms with Gasteiger partial charge in [-0.1, -0.05) is 41.9 Å². The number of carbonyl (C=O) groups excluding carboxylic acids is 2. The van der Waals surface area contributed by atoms with Gasteiger partial charge in [0, 0.05) is 36.9 Å². The highest BCUT2D eigenvalue weighted by atomic mass is 35.5. The van der Waals surface area contributed by atoms with Crippen LogP contribution in [0.1, 0.15) is 12.0 Å². The van der Waals surface area contributed by atoms with Crippen LogP contribution in [0.5, 0.6) is 0 Å². The molecule has 2 aromatic carbocycles. The molecule has 1 aliphatic heterocycles. The van der Waals surface area contributed by atoms with E-state index in [-0.39, 0.29) is 18.2 Å². The number of piperazine rings is 1. The molecule has 0 spiro atoms. The summed E-state index contributed by atoms with van der Waals surface area (Å²) in [6.45, 7) is 2.23. The van der Waals surface area contributed by atoms with E-state index in [2.05, 4.69) is 10.2 Å². The minimum absolute atomic E-state index is 0.0596. The van der Waals surface area contributed by atoms with E-state index in [4.69, 9.17) is 11.6 Å². The van der Waals surface area contributed by atoms with Gasteiger partial charge in [0.15, 0.2) is 9.84 Å². The summed E-state index contributed by atoms with van der Waals surface area (Å²) in [6.07, 6.45) is 1.10. The number of rotatable bonds is 9. The molecule has 0 bridgehead atoms. The quantitative estimate of drug-likeness (QED) is 0.598. The Bertz CT molecular complexity index is 1010. The van der Waals surface area contributed by atoms with Crippen molar-refractivity contribution in [3.63, 3.8) is 0 Å². The molecule has 7 nitrogen and oxygen atoms in total. The SMILES string of the molecule is O=C(CS(=O)(=O)CCCc1ccccc1)NCC(=O)N1CCN(c2ccc(Cl)cc2)CC1. The molecule has 9 heteroatoms. The van der Waals surface area contributed by atoms with Crippen LogP contribution in [0.2, 0.25) is 5.02 Å². The van der Waals surface area contributed by atoms with E-state index < -0.39 is 21.5 Å². The molecule has 2 aromatic rings. The van der Waals surface area contributed by atoms with Crippen molar-refractivity contribution in [3.05, 3.63) is 65.2 Å². The standard InChI is InChI=1S/C23H28ClN3O4S/c24-20-8-10-21(11-9-20)26-12-14-27(15-13-26)23(29)17-25-22(28)18-32(30,31)16-4-7-19-5-2-1-3-6-19/h1-3,5-6,8-11H,4,7,12-18H2,(H,25,28). The summed E-state index contributed by atoms with van der Waals surface area (Å²) in [5.74, 6) is -1.51. The lowest BCUT2D eigenvalue weighted by molar-refractivity contribution is -0.132. The molecule has 32 heavy (non-hydrogen) atoms. The van der Waals surface area contributed by atoms with Crippen LogP contribution in [-0.2, 0) is 25.8 Å². The number of sulfone groups is 1. The molecule has 0 radical (unpaired) electrons. The number of hydrogen-bond acceptors (Lipinski definition) is 5. The monoisotopic (exact) mass is 477 g/mol. The van der Waals surface area contributed by atoms with Gasteiger partial charge < -0.3 is 15.1 Å². The highest BCUT2D eigenvalue weighted by molar-refractivity contribution is 7.92. The van der Waals surface area contributed by atoms with Crippen LogP contribution >= 0.6 is 11.6 Å². The predicted octanol–water partition coefficient (Wildman–Crippen LogP) is 2.15. The average molecular weight is 478 g/mol. The largest absolute Gasteiger partial charge is 0.368 e. The summed E-state index contributed by atoms with van der Waals surface area (Å²) in [4.78, 5) is 28.3. The average Bonchev–Trinajstić information content (AvgIpc) is 2.78. The zero-order valence-corrected chi connectivity index (χ0v) is 19.4. The Morgan fingerprint density at radius 2 is 1.59 bits per heavy atom. The van der Waals surface area contributed by atoms with Gasteiger partial charge in [0.2, 0.25) is 11.8 Å². The fraction of sp³-hybridized carbons (Fsp3) is 0.391. The third kappa shape index (κ3) is 7.53. The summed E-state index contributed by atoms with van der Waals surface area (Å²) in [5.41, 5.74) is 2.11. The maximum atomic E-state index is 12.4. The van der Waals surface area contributed by atoms with Crippen molar-refractivity contribution >= 4 is 38.9 Å². The number of hydrogen-bond donors (Lipinski definition) is 1. The van der Waals surface area contributed by atoms with Gasteiger partial charge in [-0.25, -0.2) is 8.42 Å². The van der Waals surface area contributed by atoms with Gasteiger partial charge in [0.25, 0.3) is 0 Å². The van der Waals surface area contributed by atoms with Gasteiger partial charge in [-0.05, 0) is 42.7 Å². The highest BCUT2D eigenvalue weighted by Gasteiger charge is 2.22. The second-order valence-corrected chi connectivity index (χ2v) is 10.4. The highest BCUT2D eigenvalue weighted by Crippen LogP contribution is 2.19. The van der Waals surface area contributed by atoms with Crippen LogP contribution in [-0.4, -0.2) is 69.4 Å². The first-order valence-corrected chi connectivity index (χ1v) is 12.8. The number of nitrogens with zero attached hydrogens (tertiary/aromatic N) is 2. The second-order valence-electron chi connectivity index (χ2n) is 7.80. The van der Waals surface area contributed by atoms with Gasteiger partial charge in [0.05, 0.1) is 12.3 Å². The molecule has 0 aromatic heterocycles. The summed E-state index contributed by atoms with van der Waals surface area (Å²) in [5, 5.41) is 3.13. The van der Waals surface area contributed by atoms with Crippen LogP contribution in [0, 0.1) is 0 Å². The topological polar surface area (TPSA) is 86.8 Å². The van der Waals surface area contributed by atoms with Gasteiger partial charge in [-0.2, -0.15) is 0 Å². The van der Waals surface area contributed by atoms with Gasteiger partial charge in [0.1, 0.15) is 5.75 Å². The normalized spacial score (nSPS) is 14.3. The van der Waals surface area contributed by atoms with E-state index in [1.165, 1.54) is 0 Å². The zero-order chi connectivity index (χ0) is 23.0. The number of benzene rings is 2. The maximum absolute atomic E-state index is 12.4. The molecule has 1 saturated heterocycles. The predicted molar refractivity (Wildman–Crippen MR) is 127 cm³/mol. The Balaban J connectivity index is 1.36. The number of aryl methyl sites for hydroxylation is 1. The van der Waals surface area contributed by atoms with Crippen molar-refractivity contribution < 1.29 is 18.0 Å². The van der Waals surface area contributed by atoms with E-state index in [9.17, 15) is 18.0 Å². The first kappa shape index (κ1) is 24.1. The zero-order valence-electron chi connectivity index (χ0n) is 17.9. The van der Waals surface area contributed by atoms with Crippen molar-refractivity contribution in [2.24, 2.45) is 0 Å². The lowest BCUT2D eigenvalue weighted by atomic mass is 10.1. The van der Waals surface area contributed by atoms with E-state index in [0.717, 1.165) is 11.3 Å². The van der Waals surface area contributed by atoms with Crippen molar-refractivity contribution in [2.75, 3.05) is 49.1 Å². The molecule has 172 valence electrons. The third-order valence-electron chi connectivity index (χ3n) is 5.38. The van der Waals surface area contributed by atoms with Crippen LogP contribution in [0.4, 0.5) is 5.69 Å². The second kappa shape index (κ2) is 11.3. The fourth-order valence-corrected chi connectivity index (χ4v) is 4.97. The molecular formula is C23H28ClN3O4S. The molecule has 1 heterocycles. The van der Waals surface area contributed by atoms with Crippen LogP contribution in [0.3, 0.4) is 0 Å². The number of amides is 2. The van der Waals surface area contributed by atoms with Crippen molar-refractivity contribution in [1.29, 1.82) is 0 Å². The Morgan fingerprint density at radius 3 is 2.25 bits per heavy atom. The third-order valence-corrected chi connectivity index (χ3v) is 7.24. The van der Waals surface area contributed by atoms with Gasteiger partial charge >= 0.3 is 0 Å². The van der Waals surface area contributed by atoms with Gasteiger partial charge in [-0.3, -0.25) is 9.59 Å². The molecule has 0 aliphatic carbocycles. The number of nitrogens with one attached hydrogen (secondary N) is 1. The van der Waals surface area contributed by atoms with Crippen molar-refractivity contribution in [3.8, 4) is 0 Å². The molecule has 1 aliphatic rings. The number of carbonyl (C=O) groups is 2. The Hall–Kier alpha value is -2.58. The van der Waals surface area contributed by atoms with Crippen LogP contribution in [0.25, 0.3) is 0 Å². The number of anilines is 1. The number of halogens is 1. The summed E-state index contributed by atoms with van der Waals surface area (Å²) in [7, 11) is -3.52. The smallest absolute Gasteiger partial charge is 0.242 e. The minimum atomic E-state index is -3.52. The van der Waals surface area contributed by atoms with Gasteiger partial charge in [-0.15, -0.1) is 0 Å². The molecule has 0 atom stereocenters. The van der Waals surface area contributed by atoms with Crippen LogP contribution < -0.4 is 10.2 Å². The molecule has 1 N–H and O–H groups in total. The molecular weight excluding hydrogens is 450 g/mol. The lowest BCUT2D eigenvalue weighted by Gasteiger charge is -2.36. The molecule has 0 saturated carbocycles. The van der Waals surface area contributed by atoms with Crippen LogP contribution in [0.15, 0.2) is 54.6 Å². The minimum Gasteiger partial charge on any atom is -0.368 e. The van der Waals surface area contributed by atoms with E-state index in [0.29, 0.717) is 44.0 Å². The van der Waals surface area contributed by atoms with Crippen molar-refractivity contribution in [2.45, 2.75) is 12.8 Å². The first-order valence-electron chi connectivity index (χ1n) is 10.6. The maximum Gasteiger partial charge on any atom is 0.242 e. The molecule has 0 unspecified atom stereocenters. The Morgan fingerprint density at radius 1 is 0.938 bits per heavy atom. The van der Waals surface area contributed by atoms with E-state index >= 15 is 0 Å². The molecule has 3 rings (SSSR count). The Labute approximate surface area is 194 Å². The lowest BCUT2D eigenvalue weighted by Crippen LogP contribution is -2.51. The van der Waals surface area contributed by atoms with Crippen molar-refractivity contribution in [1.82, 2.24) is 10.2 Å². The van der Waals surface area contributed by atoms with E-state index in [1.54, 1.807) is 4.90 Å². The van der Waals surface area contributed by atoms with E-state index in [1.807, 2.05) is 54.6 Å². The molecule has 1 fully saturated rings. The molecule has 2 amide bonds. The Kier molecular flexibility index (Phi) is 8.53. The first-order chi connectivity index (χ1) is 15.3. The summed E-state index contributed by atoms with van der Waals surface area (Å²) in [6, 6.07) is 17.2.